The molecule has 3 aromatic heterocycles. The summed E-state index contributed by atoms with van der Waals surface area (Å²) in [5, 5.41) is 1.77. The van der Waals surface area contributed by atoms with Crippen LogP contribution in [0.1, 0.15) is 36.3 Å². The van der Waals surface area contributed by atoms with Gasteiger partial charge in [-0.2, -0.15) is 0 Å². The van der Waals surface area contributed by atoms with Crippen molar-refractivity contribution in [3.05, 3.63) is 174 Å². The molecule has 0 bridgehead atoms. The molecule has 0 atom stereocenters. The molecule has 3 heterocycles. The fourth-order valence-corrected chi connectivity index (χ4v) is 4.69. The van der Waals surface area contributed by atoms with Crippen LogP contribution in [0.2, 0.25) is 0 Å². The number of hydrogen-bond acceptors (Lipinski definition) is 3. The van der Waals surface area contributed by atoms with E-state index in [1.807, 2.05) is 130 Å². The topological polar surface area (TPSA) is 38.7 Å². The monoisotopic (exact) mass is 781 g/mol. The van der Waals surface area contributed by atoms with E-state index in [0.29, 0.717) is 11.3 Å². The van der Waals surface area contributed by atoms with Crippen molar-refractivity contribution in [2.24, 2.45) is 0 Å². The summed E-state index contributed by atoms with van der Waals surface area (Å²) in [6, 6.07) is 47.3. The molecule has 0 radical (unpaired) electrons. The summed E-state index contributed by atoms with van der Waals surface area (Å²) in [5.74, 6) is 0. The van der Waals surface area contributed by atoms with Gasteiger partial charge in [0.25, 0.3) is 0 Å². The van der Waals surface area contributed by atoms with E-state index in [2.05, 4.69) is 33.2 Å². The summed E-state index contributed by atoms with van der Waals surface area (Å²) in [5.41, 5.74) is 7.92. The standard InChI is InChI=1S/C18H16N.2C12H10N.Ir/c1-12-4-5-15-6-7-19-18(17(15)11-12)16-9-13(2)8-14(3)10-16;2*1-10-6-5-9-12(13-10)11-7-3-2-4-8-11;/h4-9,11H,1-3H3;2*2-7,9H,1H3;/q3*-1;+3/i2D3,3D3;;;. The van der Waals surface area contributed by atoms with Crippen molar-refractivity contribution < 1.29 is 28.3 Å². The first-order valence-corrected chi connectivity index (χ1v) is 14.5. The van der Waals surface area contributed by atoms with Crippen molar-refractivity contribution in [1.29, 1.82) is 0 Å². The molecule has 0 unspecified atom stereocenters. The minimum absolute atomic E-state index is 0. The molecule has 0 amide bonds. The molecule has 4 aromatic carbocycles. The zero-order chi connectivity index (χ0) is 36.6. The molecule has 4 heteroatoms. The van der Waals surface area contributed by atoms with Gasteiger partial charge in [0.1, 0.15) is 0 Å². The fraction of sp³-hybridized carbons (Fsp3) is 0.119. The Morgan fingerprint density at radius 3 is 1.78 bits per heavy atom. The van der Waals surface area contributed by atoms with Crippen molar-refractivity contribution >= 4 is 10.8 Å². The van der Waals surface area contributed by atoms with Crippen LogP contribution in [0, 0.1) is 52.7 Å². The second kappa shape index (κ2) is 16.5. The summed E-state index contributed by atoms with van der Waals surface area (Å²) >= 11 is 0. The van der Waals surface area contributed by atoms with Gasteiger partial charge in [0, 0.05) is 25.8 Å². The van der Waals surface area contributed by atoms with E-state index in [1.54, 1.807) is 6.20 Å². The van der Waals surface area contributed by atoms with Crippen LogP contribution < -0.4 is 0 Å². The largest absolute Gasteiger partial charge is 3.00 e. The Labute approximate surface area is 295 Å². The van der Waals surface area contributed by atoms with Crippen LogP contribution in [0.25, 0.3) is 44.5 Å². The average Bonchev–Trinajstić information content (AvgIpc) is 3.12. The molecule has 7 aromatic rings. The molecule has 7 rings (SSSR count). The maximum Gasteiger partial charge on any atom is 3.00 e. The Hall–Kier alpha value is -4.76. The molecule has 3 nitrogen and oxygen atoms in total. The SMILES string of the molecule is Cc1cccc(-c2[c-]cccc2)n1.Cc1cccc(-c2[c-]cccc2)n1.[2H]C([2H])([2H])c1[c-]c(-c2nccc3ccc(C)cc23)cc(C([2H])([2H])[2H])c1.[Ir+3]. The van der Waals surface area contributed by atoms with Gasteiger partial charge in [0.2, 0.25) is 0 Å². The summed E-state index contributed by atoms with van der Waals surface area (Å²) in [6.45, 7) is 1.08. The van der Waals surface area contributed by atoms with Crippen molar-refractivity contribution in [3.63, 3.8) is 0 Å². The molecule has 0 saturated carbocycles. The Balaban J connectivity index is 0.000000189. The van der Waals surface area contributed by atoms with Crippen molar-refractivity contribution in [2.45, 2.75) is 34.5 Å². The van der Waals surface area contributed by atoms with Crippen LogP contribution in [0.4, 0.5) is 0 Å². The molecule has 0 saturated heterocycles. The van der Waals surface area contributed by atoms with E-state index in [0.717, 1.165) is 50.2 Å². The minimum atomic E-state index is -2.45. The molecule has 0 spiro atoms. The second-order valence-electron chi connectivity index (χ2n) is 10.5. The number of rotatable bonds is 3. The van der Waals surface area contributed by atoms with Gasteiger partial charge in [-0.15, -0.1) is 107 Å². The number of benzene rings is 4. The van der Waals surface area contributed by atoms with Gasteiger partial charge in [0.05, 0.1) is 0 Å². The minimum Gasteiger partial charge on any atom is -0.304 e. The van der Waals surface area contributed by atoms with Gasteiger partial charge in [-0.25, -0.2) is 0 Å². The quantitative estimate of drug-likeness (QED) is 0.168. The van der Waals surface area contributed by atoms with Crippen LogP contribution in [-0.2, 0) is 20.1 Å². The Kier molecular flexibility index (Phi) is 9.50. The number of aromatic nitrogens is 3. The van der Waals surface area contributed by atoms with Gasteiger partial charge in [-0.3, -0.25) is 0 Å². The van der Waals surface area contributed by atoms with Gasteiger partial charge >= 0.3 is 20.1 Å². The van der Waals surface area contributed by atoms with Crippen LogP contribution in [0.15, 0.2) is 128 Å². The number of fused-ring (bicyclic) bond motifs is 1. The number of hydrogen-bond donors (Lipinski definition) is 0. The first-order chi connectivity index (χ1) is 24.3. The van der Waals surface area contributed by atoms with Gasteiger partial charge in [-0.05, 0) is 66.8 Å². The van der Waals surface area contributed by atoms with Crippen LogP contribution in [-0.4, -0.2) is 15.0 Å². The summed E-state index contributed by atoms with van der Waals surface area (Å²) in [4.78, 5) is 13.2. The predicted molar refractivity (Wildman–Crippen MR) is 187 cm³/mol. The van der Waals surface area contributed by atoms with E-state index >= 15 is 0 Å². The van der Waals surface area contributed by atoms with Crippen LogP contribution in [0.3, 0.4) is 0 Å². The van der Waals surface area contributed by atoms with E-state index in [9.17, 15) is 0 Å². The summed E-state index contributed by atoms with van der Waals surface area (Å²) in [6.07, 6.45) is 1.62. The van der Waals surface area contributed by atoms with Crippen LogP contribution in [0.5, 0.6) is 0 Å². The van der Waals surface area contributed by atoms with E-state index in [1.165, 1.54) is 12.1 Å². The molecule has 0 fully saturated rings. The van der Waals surface area contributed by atoms with Gasteiger partial charge < -0.3 is 15.0 Å². The zero-order valence-electron chi connectivity index (χ0n) is 31.8. The molecule has 0 aliphatic rings. The second-order valence-corrected chi connectivity index (χ2v) is 10.5. The van der Waals surface area contributed by atoms with Gasteiger partial charge in [0.15, 0.2) is 0 Å². The number of nitrogens with zero attached hydrogens (tertiary/aromatic N) is 3. The molecular weight excluding hydrogens is 739 g/mol. The third-order valence-electron chi connectivity index (χ3n) is 6.79. The van der Waals surface area contributed by atoms with Crippen molar-refractivity contribution in [2.75, 3.05) is 0 Å². The van der Waals surface area contributed by atoms with E-state index < -0.39 is 13.7 Å². The molecule has 0 aliphatic heterocycles. The Morgan fingerprint density at radius 2 is 1.24 bits per heavy atom. The third kappa shape index (κ3) is 9.37. The van der Waals surface area contributed by atoms with Crippen LogP contribution >= 0.6 is 0 Å². The summed E-state index contributed by atoms with van der Waals surface area (Å²) in [7, 11) is 0. The molecule has 0 N–H and O–H groups in total. The Bertz CT molecular complexity index is 2110. The maximum absolute atomic E-state index is 7.65. The van der Waals surface area contributed by atoms with E-state index in [4.69, 9.17) is 8.22 Å². The zero-order valence-corrected chi connectivity index (χ0v) is 28.2. The maximum atomic E-state index is 7.65. The smallest absolute Gasteiger partial charge is 0.304 e. The van der Waals surface area contributed by atoms with Crippen molar-refractivity contribution in [1.82, 2.24) is 15.0 Å². The molecular formula is C42H36IrN3. The third-order valence-corrected chi connectivity index (χ3v) is 6.79. The molecule has 228 valence electrons. The normalized spacial score (nSPS) is 12.6. The first-order valence-electron chi connectivity index (χ1n) is 17.5. The first kappa shape index (κ1) is 26.5. The summed E-state index contributed by atoms with van der Waals surface area (Å²) < 4.78 is 45.8. The molecule has 0 aliphatic carbocycles. The average molecular weight is 781 g/mol. The Morgan fingerprint density at radius 1 is 0.587 bits per heavy atom. The van der Waals surface area contributed by atoms with E-state index in [-0.39, 0.29) is 31.2 Å². The molecule has 46 heavy (non-hydrogen) atoms. The predicted octanol–water partition coefficient (Wildman–Crippen LogP) is 10.3. The fourth-order valence-electron chi connectivity index (χ4n) is 4.69. The number of aryl methyl sites for hydroxylation is 5. The number of pyridine rings is 3. The van der Waals surface area contributed by atoms with Crippen molar-refractivity contribution in [3.8, 4) is 33.8 Å². The van der Waals surface area contributed by atoms with Gasteiger partial charge in [-0.1, -0.05) is 61.7 Å².